The standard InChI is InChI=1S/C10H13N.C4H10/c1-8-3-2-4-9-7-11-6-5-10(8)9;1-4(2)3/h2-4,11H,5-7H2,1H3;4H,1-3H3. The molecule has 0 bridgehead atoms. The molecule has 15 heavy (non-hydrogen) atoms. The van der Waals surface area contributed by atoms with Gasteiger partial charge in [0.15, 0.2) is 0 Å². The summed E-state index contributed by atoms with van der Waals surface area (Å²) in [7, 11) is 0. The molecular weight excluding hydrogens is 182 g/mol. The summed E-state index contributed by atoms with van der Waals surface area (Å²) in [4.78, 5) is 0. The molecule has 0 spiro atoms. The number of hydrogen-bond acceptors (Lipinski definition) is 1. The van der Waals surface area contributed by atoms with Crippen LogP contribution in [0.5, 0.6) is 0 Å². The van der Waals surface area contributed by atoms with Gasteiger partial charge in [0.1, 0.15) is 0 Å². The summed E-state index contributed by atoms with van der Waals surface area (Å²) in [6.07, 6.45) is 1.20. The third-order valence-electron chi connectivity index (χ3n) is 2.37. The van der Waals surface area contributed by atoms with Gasteiger partial charge in [-0.2, -0.15) is 0 Å². The Morgan fingerprint density at radius 3 is 2.47 bits per heavy atom. The highest BCUT2D eigenvalue weighted by Crippen LogP contribution is 2.16. The highest BCUT2D eigenvalue weighted by Gasteiger charge is 2.08. The molecule has 0 amide bonds. The van der Waals surface area contributed by atoms with E-state index < -0.39 is 0 Å². The molecule has 84 valence electrons. The van der Waals surface area contributed by atoms with E-state index in [-0.39, 0.29) is 0 Å². The van der Waals surface area contributed by atoms with Gasteiger partial charge >= 0.3 is 0 Å². The van der Waals surface area contributed by atoms with Crippen LogP contribution in [-0.2, 0) is 13.0 Å². The van der Waals surface area contributed by atoms with Crippen LogP contribution < -0.4 is 5.32 Å². The average Bonchev–Trinajstić information content (AvgIpc) is 2.18. The number of rotatable bonds is 0. The quantitative estimate of drug-likeness (QED) is 0.685. The molecule has 1 aromatic carbocycles. The molecule has 0 aliphatic carbocycles. The Bertz CT molecular complexity index is 299. The van der Waals surface area contributed by atoms with E-state index in [1.165, 1.54) is 17.5 Å². The number of hydrogen-bond donors (Lipinski definition) is 1. The molecule has 1 aliphatic rings. The predicted molar refractivity (Wildman–Crippen MR) is 67.1 cm³/mol. The zero-order chi connectivity index (χ0) is 11.3. The molecule has 0 radical (unpaired) electrons. The topological polar surface area (TPSA) is 12.0 Å². The minimum Gasteiger partial charge on any atom is -0.312 e. The molecular formula is C14H23N. The van der Waals surface area contributed by atoms with E-state index in [4.69, 9.17) is 0 Å². The van der Waals surface area contributed by atoms with Crippen molar-refractivity contribution in [2.24, 2.45) is 5.92 Å². The largest absolute Gasteiger partial charge is 0.312 e. The Morgan fingerprint density at radius 2 is 1.87 bits per heavy atom. The summed E-state index contributed by atoms with van der Waals surface area (Å²) >= 11 is 0. The van der Waals surface area contributed by atoms with Crippen LogP contribution in [0.1, 0.15) is 37.5 Å². The monoisotopic (exact) mass is 205 g/mol. The summed E-state index contributed by atoms with van der Waals surface area (Å²) in [5.74, 6) is 0.833. The fourth-order valence-electron chi connectivity index (χ4n) is 1.72. The fourth-order valence-corrected chi connectivity index (χ4v) is 1.72. The van der Waals surface area contributed by atoms with Crippen molar-refractivity contribution < 1.29 is 0 Å². The third-order valence-corrected chi connectivity index (χ3v) is 2.37. The van der Waals surface area contributed by atoms with E-state index >= 15 is 0 Å². The summed E-state index contributed by atoms with van der Waals surface area (Å²) in [5, 5.41) is 3.37. The molecule has 1 heteroatoms. The Morgan fingerprint density at radius 1 is 1.20 bits per heavy atom. The Hall–Kier alpha value is -0.820. The predicted octanol–water partition coefficient (Wildman–Crippen LogP) is 3.30. The van der Waals surface area contributed by atoms with Crippen LogP contribution in [0.25, 0.3) is 0 Å². The molecule has 1 aromatic rings. The second-order valence-electron chi connectivity index (χ2n) is 4.87. The first kappa shape index (κ1) is 12.3. The Balaban J connectivity index is 0.000000245. The third kappa shape index (κ3) is 4.05. The van der Waals surface area contributed by atoms with Crippen LogP contribution in [0.3, 0.4) is 0 Å². The zero-order valence-corrected chi connectivity index (χ0v) is 10.4. The van der Waals surface area contributed by atoms with Gasteiger partial charge in [-0.15, -0.1) is 0 Å². The lowest BCUT2D eigenvalue weighted by Crippen LogP contribution is -2.24. The van der Waals surface area contributed by atoms with Crippen molar-refractivity contribution in [1.29, 1.82) is 0 Å². The molecule has 1 heterocycles. The summed E-state index contributed by atoms with van der Waals surface area (Å²) in [6.45, 7) is 10.9. The highest BCUT2D eigenvalue weighted by atomic mass is 14.9. The number of benzene rings is 1. The molecule has 1 aliphatic heterocycles. The maximum absolute atomic E-state index is 3.37. The molecule has 1 nitrogen and oxygen atoms in total. The van der Waals surface area contributed by atoms with Gasteiger partial charge in [0.2, 0.25) is 0 Å². The second-order valence-corrected chi connectivity index (χ2v) is 4.87. The fraction of sp³-hybridized carbons (Fsp3) is 0.571. The molecule has 2 rings (SSSR count). The van der Waals surface area contributed by atoms with Gasteiger partial charge in [-0.05, 0) is 42.5 Å². The molecule has 1 N–H and O–H groups in total. The van der Waals surface area contributed by atoms with E-state index in [9.17, 15) is 0 Å². The van der Waals surface area contributed by atoms with Gasteiger partial charge in [0.05, 0.1) is 0 Å². The molecule has 0 saturated heterocycles. The van der Waals surface area contributed by atoms with E-state index in [1.807, 2.05) is 0 Å². The van der Waals surface area contributed by atoms with Crippen LogP contribution in [-0.4, -0.2) is 6.54 Å². The SMILES string of the molecule is CC(C)C.Cc1cccc2c1CCNC2. The van der Waals surface area contributed by atoms with E-state index in [2.05, 4.69) is 51.2 Å². The van der Waals surface area contributed by atoms with Crippen LogP contribution in [0.4, 0.5) is 0 Å². The molecule has 0 saturated carbocycles. The van der Waals surface area contributed by atoms with Crippen molar-refractivity contribution in [3.8, 4) is 0 Å². The molecule has 0 atom stereocenters. The lowest BCUT2D eigenvalue weighted by atomic mass is 9.97. The van der Waals surface area contributed by atoms with Gasteiger partial charge in [-0.3, -0.25) is 0 Å². The van der Waals surface area contributed by atoms with Crippen molar-refractivity contribution in [2.45, 2.75) is 40.7 Å². The minimum absolute atomic E-state index is 0.833. The van der Waals surface area contributed by atoms with Crippen LogP contribution in [0.15, 0.2) is 18.2 Å². The summed E-state index contributed by atoms with van der Waals surface area (Å²) < 4.78 is 0. The van der Waals surface area contributed by atoms with Crippen molar-refractivity contribution in [3.05, 3.63) is 34.9 Å². The van der Waals surface area contributed by atoms with E-state index in [0.29, 0.717) is 0 Å². The first-order chi connectivity index (χ1) is 7.11. The van der Waals surface area contributed by atoms with Gasteiger partial charge in [-0.25, -0.2) is 0 Å². The maximum atomic E-state index is 3.37. The average molecular weight is 205 g/mol. The van der Waals surface area contributed by atoms with Gasteiger partial charge in [-0.1, -0.05) is 39.0 Å². The molecule has 0 aromatic heterocycles. The van der Waals surface area contributed by atoms with Crippen molar-refractivity contribution >= 4 is 0 Å². The smallest absolute Gasteiger partial charge is 0.0208 e. The van der Waals surface area contributed by atoms with Crippen LogP contribution in [0, 0.1) is 12.8 Å². The summed E-state index contributed by atoms with van der Waals surface area (Å²) in [5.41, 5.74) is 4.49. The van der Waals surface area contributed by atoms with Gasteiger partial charge in [0.25, 0.3) is 0 Å². The first-order valence-corrected chi connectivity index (χ1v) is 5.89. The number of nitrogens with one attached hydrogen (secondary N) is 1. The Labute approximate surface area is 93.9 Å². The lowest BCUT2D eigenvalue weighted by Gasteiger charge is -2.18. The van der Waals surface area contributed by atoms with Crippen LogP contribution >= 0.6 is 0 Å². The van der Waals surface area contributed by atoms with Gasteiger partial charge < -0.3 is 5.32 Å². The maximum Gasteiger partial charge on any atom is 0.0208 e. The molecule has 0 fully saturated rings. The molecule has 0 unspecified atom stereocenters. The second kappa shape index (κ2) is 5.92. The zero-order valence-electron chi connectivity index (χ0n) is 10.4. The van der Waals surface area contributed by atoms with Crippen molar-refractivity contribution in [3.63, 3.8) is 0 Å². The van der Waals surface area contributed by atoms with Crippen molar-refractivity contribution in [1.82, 2.24) is 5.32 Å². The van der Waals surface area contributed by atoms with E-state index in [1.54, 1.807) is 5.56 Å². The number of fused-ring (bicyclic) bond motifs is 1. The summed E-state index contributed by atoms with van der Waals surface area (Å²) in [6, 6.07) is 6.56. The Kier molecular flexibility index (Phi) is 4.83. The normalized spacial score (nSPS) is 14.2. The van der Waals surface area contributed by atoms with Crippen LogP contribution in [0.2, 0.25) is 0 Å². The number of aryl methyl sites for hydroxylation is 1. The lowest BCUT2D eigenvalue weighted by molar-refractivity contribution is 0.641. The minimum atomic E-state index is 0.833. The van der Waals surface area contributed by atoms with Gasteiger partial charge in [0, 0.05) is 6.54 Å². The first-order valence-electron chi connectivity index (χ1n) is 5.89. The van der Waals surface area contributed by atoms with Crippen molar-refractivity contribution in [2.75, 3.05) is 6.54 Å². The highest BCUT2D eigenvalue weighted by molar-refractivity contribution is 5.35. The van der Waals surface area contributed by atoms with E-state index in [0.717, 1.165) is 19.0 Å².